The number of esters is 3. The number of pyridine rings is 3. The molecule has 0 radical (unpaired) electrons. The van der Waals surface area contributed by atoms with Gasteiger partial charge in [-0.2, -0.15) is 0 Å². The molecule has 0 bridgehead atoms. The van der Waals surface area contributed by atoms with Crippen molar-refractivity contribution in [3.05, 3.63) is 192 Å². The average Bonchev–Trinajstić information content (AvgIpc) is 1.37. The number of nitrogens with one attached hydrogen (secondary N) is 1. The molecule has 0 spiro atoms. The molecule has 3 aromatic heterocycles. The topological polar surface area (TPSA) is 255 Å². The number of aromatic nitrogens is 3. The lowest BCUT2D eigenvalue weighted by Gasteiger charge is -2.43. The second-order valence-electron chi connectivity index (χ2n) is 22.7. The number of benzene rings is 3. The van der Waals surface area contributed by atoms with E-state index in [1.54, 1.807) is 25.5 Å². The van der Waals surface area contributed by atoms with Crippen LogP contribution in [0.1, 0.15) is 112 Å². The minimum Gasteiger partial charge on any atom is -0.469 e. The van der Waals surface area contributed by atoms with Crippen molar-refractivity contribution in [2.45, 2.75) is 116 Å². The van der Waals surface area contributed by atoms with Gasteiger partial charge in [0.15, 0.2) is 5.78 Å². The van der Waals surface area contributed by atoms with Gasteiger partial charge in [0.1, 0.15) is 6.04 Å². The Morgan fingerprint density at radius 2 is 1.01 bits per heavy atom. The number of hydrogen-bond acceptors (Lipinski definition) is 19. The summed E-state index contributed by atoms with van der Waals surface area (Å²) in [7, 11) is 0.651. The summed E-state index contributed by atoms with van der Waals surface area (Å²) in [5.74, 6) is -0.916. The second kappa shape index (κ2) is 37.4. The van der Waals surface area contributed by atoms with Gasteiger partial charge in [0.2, 0.25) is 0 Å². The summed E-state index contributed by atoms with van der Waals surface area (Å²) < 4.78 is 54.0. The number of ketones is 1. The Morgan fingerprint density at radius 3 is 1.45 bits per heavy atom. The van der Waals surface area contributed by atoms with Crippen LogP contribution in [0.25, 0.3) is 0 Å². The molecule has 3 unspecified atom stereocenters. The number of aliphatic hydroxyl groups is 1. The van der Waals surface area contributed by atoms with Crippen LogP contribution in [0.5, 0.6) is 0 Å². The lowest BCUT2D eigenvalue weighted by molar-refractivity contribution is -0.141. The van der Waals surface area contributed by atoms with Crippen molar-refractivity contribution in [3.8, 4) is 0 Å². The Balaban J connectivity index is 0.000000230. The number of aliphatic imine (C=N–C) groups is 3. The van der Waals surface area contributed by atoms with Crippen LogP contribution >= 0.6 is 55.5 Å². The first-order chi connectivity index (χ1) is 45.0. The van der Waals surface area contributed by atoms with E-state index in [4.69, 9.17) is 38.4 Å². The monoisotopic (exact) mass is 1510 g/mol. The summed E-state index contributed by atoms with van der Waals surface area (Å²) >= 11 is 10.7. The van der Waals surface area contributed by atoms with Gasteiger partial charge in [-0.1, -0.05) is 99.0 Å². The molecule has 2 N–H and O–H groups in total. The van der Waals surface area contributed by atoms with Crippen LogP contribution in [0.2, 0.25) is 0 Å². The van der Waals surface area contributed by atoms with E-state index in [9.17, 15) is 28.8 Å². The zero-order valence-electron chi connectivity index (χ0n) is 52.4. The molecule has 510 valence electrons. The maximum absolute atomic E-state index is 14.9. The molecule has 0 saturated carbocycles. The molecule has 11 rings (SSSR count). The second-order valence-corrected chi connectivity index (χ2v) is 27.7. The molecule has 0 aliphatic carbocycles. The van der Waals surface area contributed by atoms with E-state index in [1.807, 2.05) is 106 Å². The summed E-state index contributed by atoms with van der Waals surface area (Å²) in [4.78, 5) is 76.6. The van der Waals surface area contributed by atoms with E-state index >= 15 is 0 Å². The lowest BCUT2D eigenvalue weighted by atomic mass is 9.94. The largest absolute Gasteiger partial charge is 0.469 e. The molecular weight excluding hydrogens is 1430 g/mol. The van der Waals surface area contributed by atoms with E-state index in [1.165, 1.54) is 21.3 Å². The van der Waals surface area contributed by atoms with E-state index in [0.29, 0.717) is 96.2 Å². The highest BCUT2D eigenvalue weighted by molar-refractivity contribution is 9.11. The van der Waals surface area contributed by atoms with Crippen molar-refractivity contribution in [2.24, 2.45) is 15.0 Å². The zero-order chi connectivity index (χ0) is 65.9. The first kappa shape index (κ1) is 76.0. The molecule has 2 fully saturated rings. The number of carbonyl (C=O) groups is 4. The molecule has 3 aromatic carbocycles. The quantitative estimate of drug-likeness (QED) is 0.0434. The third-order valence-corrected chi connectivity index (χ3v) is 20.6. The highest BCUT2D eigenvalue weighted by Gasteiger charge is 2.45. The fourth-order valence-corrected chi connectivity index (χ4v) is 15.1. The predicted octanol–water partition coefficient (Wildman–Crippen LogP) is 11.3. The molecule has 5 aliphatic heterocycles. The molecule has 25 heteroatoms. The number of Topliss-reactive ketones (excluding diaryl/α,β-unsaturated/α-hetero) is 1. The highest BCUT2D eigenvalue weighted by atomic mass is 79.9. The number of ether oxygens (including phenoxy) is 5. The Labute approximate surface area is 583 Å². The number of nitrogens with zero attached hydrogens (tertiary/aromatic N) is 8. The molecule has 95 heavy (non-hydrogen) atoms. The van der Waals surface area contributed by atoms with Gasteiger partial charge in [0.25, 0.3) is 0 Å². The van der Waals surface area contributed by atoms with Crippen LogP contribution in [0.15, 0.2) is 156 Å². The Bertz CT molecular complexity index is 3660. The Hall–Kier alpha value is -6.41. The lowest BCUT2D eigenvalue weighted by Crippen LogP contribution is -2.45. The van der Waals surface area contributed by atoms with Crippen LogP contribution in [0, 0.1) is 0 Å². The number of hydrogen-bond donors (Lipinski definition) is 2. The van der Waals surface area contributed by atoms with Crippen molar-refractivity contribution in [2.75, 3.05) is 80.5 Å². The summed E-state index contributed by atoms with van der Waals surface area (Å²) in [5.41, 5.74) is 10.4. The molecule has 6 aromatic rings. The van der Waals surface area contributed by atoms with Crippen LogP contribution in [-0.2, 0) is 71.2 Å². The first-order valence-corrected chi connectivity index (χ1v) is 34.9. The number of methoxy groups -OCH3 is 3. The van der Waals surface area contributed by atoms with Gasteiger partial charge in [-0.05, 0) is 122 Å². The van der Waals surface area contributed by atoms with Gasteiger partial charge in [-0.15, -0.1) is 0 Å². The maximum Gasteiger partial charge on any atom is 0.346 e. The molecular formula is C70H87Br3N9O12P. The van der Waals surface area contributed by atoms with Crippen LogP contribution in [-0.4, -0.2) is 187 Å². The van der Waals surface area contributed by atoms with E-state index in [0.717, 1.165) is 76.0 Å². The summed E-state index contributed by atoms with van der Waals surface area (Å²) in [5, 5.41) is 13.2. The minimum absolute atomic E-state index is 0. The fraction of sp³-hybridized carbons (Fsp3) is 0.429. The maximum atomic E-state index is 14.9. The van der Waals surface area contributed by atoms with Crippen molar-refractivity contribution < 1.29 is 58.5 Å². The zero-order valence-corrected chi connectivity index (χ0v) is 58.1. The van der Waals surface area contributed by atoms with E-state index in [2.05, 4.69) is 84.9 Å². The SMILES string of the molecule is C.C.COC(=O)CC[C@@H]1N=C(c2ccccn2)c2cc(Br)ccc2CC1=O.COC(=O)CC[C@@H]1N=C(c2ccccn2)c2cc(Br)ccc2CC1NCC(C)O.COC(=O)CC[C@@H]1N=C(c2ccccn2)c2cc(Br)ccc2CC1OP(=O)(N1CCOCC1)N1CCOCC1.[2HH]. The van der Waals surface area contributed by atoms with Gasteiger partial charge >= 0.3 is 25.6 Å². The van der Waals surface area contributed by atoms with Crippen molar-refractivity contribution >= 4 is 96.3 Å². The third-order valence-electron chi connectivity index (χ3n) is 16.3. The van der Waals surface area contributed by atoms with E-state index < -0.39 is 32.0 Å². The van der Waals surface area contributed by atoms with Crippen molar-refractivity contribution in [1.82, 2.24) is 29.6 Å². The average molecular weight is 1520 g/mol. The van der Waals surface area contributed by atoms with E-state index in [-0.39, 0.29) is 77.7 Å². The third kappa shape index (κ3) is 20.8. The van der Waals surface area contributed by atoms with Gasteiger partial charge in [-0.3, -0.25) is 58.2 Å². The Morgan fingerprint density at radius 1 is 0.600 bits per heavy atom. The molecule has 5 aliphatic rings. The highest BCUT2D eigenvalue weighted by Crippen LogP contribution is 2.57. The fourth-order valence-electron chi connectivity index (χ4n) is 11.5. The summed E-state index contributed by atoms with van der Waals surface area (Å²) in [6.07, 6.45) is 7.56. The number of rotatable bonds is 19. The van der Waals surface area contributed by atoms with Gasteiger partial charge in [0, 0.05) is 121 Å². The number of halogens is 3. The summed E-state index contributed by atoms with van der Waals surface area (Å²) in [6, 6.07) is 33.9. The van der Waals surface area contributed by atoms with Gasteiger partial charge in [0.05, 0.1) is 106 Å². The van der Waals surface area contributed by atoms with Crippen LogP contribution in [0.3, 0.4) is 0 Å². The van der Waals surface area contributed by atoms with Gasteiger partial charge in [-0.25, -0.2) is 9.34 Å². The standard InChI is InChI=1S/C27H34BrN4O6P.C22H26BrN3O3.C19H17BrN2O3.2CH4.H2/c1-35-26(33)8-7-23-25(38-39(34,31-10-14-36-15-11-31)32-12-16-37-17-13-32)18-20-5-6-21(28)19-22(20)27(30-23)24-4-2-3-9-29-24;1-14(27)13-25-20-11-15-6-7-16(23)12-17(15)22(19-5-3-4-10-24-19)26-18(20)8-9-21(28)29-2;1-25-18(24)8-7-15-17(23)10-12-5-6-13(20)11-14(12)19(22-15)16-4-2-3-9-21-16;;;/h2-6,9,19,23,25H,7-8,10-18H2,1H3;3-7,10,12,14,18,20,25,27H,8-9,11,13H2,1-2H3;2-6,9,11,15H,7-8,10H2,1H3;2*1H4;1H/t23-,25?;14?,18-,20?;15-;;;/m000.../s1/i;;;;;1+1. The molecule has 8 heterocycles. The van der Waals surface area contributed by atoms with Gasteiger partial charge < -0.3 is 34.1 Å². The number of fused-ring (bicyclic) bond motifs is 3. The minimum atomic E-state index is -3.47. The number of aliphatic hydroxyl groups excluding tert-OH is 1. The van der Waals surface area contributed by atoms with Crippen molar-refractivity contribution in [3.63, 3.8) is 0 Å². The van der Waals surface area contributed by atoms with Crippen LogP contribution < -0.4 is 5.32 Å². The molecule has 0 amide bonds. The van der Waals surface area contributed by atoms with Crippen molar-refractivity contribution in [1.29, 1.82) is 0 Å². The number of carbonyl (C=O) groups excluding carboxylic acids is 4. The molecule has 6 atom stereocenters. The Kier molecular flexibility index (Phi) is 29.9. The van der Waals surface area contributed by atoms with Crippen LogP contribution in [0.4, 0.5) is 0 Å². The number of morpholine rings is 2. The summed E-state index contributed by atoms with van der Waals surface area (Å²) in [6.45, 7) is 6.24. The molecule has 2 saturated heterocycles. The normalized spacial score (nSPS) is 19.8. The first-order valence-electron chi connectivity index (χ1n) is 31.0. The molecule has 21 nitrogen and oxygen atoms in total. The smallest absolute Gasteiger partial charge is 0.346 e. The predicted molar refractivity (Wildman–Crippen MR) is 380 cm³/mol.